The molecule has 0 radical (unpaired) electrons. The number of carbonyl (C=O) groups is 1. The van der Waals surface area contributed by atoms with Crippen LogP contribution in [0.1, 0.15) is 0 Å². The number of carboxylic acids is 1. The predicted octanol–water partition coefficient (Wildman–Crippen LogP) is 1.86. The number of carboxylic acid groups (broad SMARTS) is 1. The second-order valence-electron chi connectivity index (χ2n) is 3.89. The fraction of sp³-hybridized carbons (Fsp3) is 0.417. The van der Waals surface area contributed by atoms with Crippen LogP contribution in [-0.2, 0) is 9.53 Å². The number of nitrogens with zero attached hydrogens (tertiary/aromatic N) is 1. The number of hydrogen-bond donors (Lipinski definition) is 2. The van der Waals surface area contributed by atoms with E-state index in [0.29, 0.717) is 0 Å². The zero-order chi connectivity index (χ0) is 12.1. The summed E-state index contributed by atoms with van der Waals surface area (Å²) in [7, 11) is 0. The minimum atomic E-state index is -0.859. The monoisotopic (exact) mass is 308 g/mol. The van der Waals surface area contributed by atoms with Crippen LogP contribution in [0.25, 0.3) is 0 Å². The number of ether oxygens (including phenoxy) is 1. The summed E-state index contributed by atoms with van der Waals surface area (Å²) in [5.74, 6) is -0.859. The molecule has 7 heteroatoms. The first kappa shape index (κ1) is 17.8. The van der Waals surface area contributed by atoms with Gasteiger partial charge in [-0.05, 0) is 24.3 Å². The first-order chi connectivity index (χ1) is 8.25. The van der Waals surface area contributed by atoms with Crippen molar-refractivity contribution in [3.63, 3.8) is 0 Å². The molecular formula is C12H18Cl2N2O3. The maximum absolute atomic E-state index is 10.4. The average molecular weight is 309 g/mol. The summed E-state index contributed by atoms with van der Waals surface area (Å²) < 4.78 is 5.29. The van der Waals surface area contributed by atoms with E-state index in [1.807, 2.05) is 24.3 Å². The second kappa shape index (κ2) is 8.85. The van der Waals surface area contributed by atoms with Crippen molar-refractivity contribution in [2.45, 2.75) is 0 Å². The number of rotatable bonds is 4. The zero-order valence-electron chi connectivity index (χ0n) is 10.4. The van der Waals surface area contributed by atoms with Gasteiger partial charge in [0.15, 0.2) is 0 Å². The van der Waals surface area contributed by atoms with E-state index in [2.05, 4.69) is 10.2 Å². The molecule has 0 unspecified atom stereocenters. The lowest BCUT2D eigenvalue weighted by atomic mass is 10.2. The average Bonchev–Trinajstić information content (AvgIpc) is 2.38. The van der Waals surface area contributed by atoms with Crippen LogP contribution in [0.2, 0.25) is 0 Å². The Morgan fingerprint density at radius 3 is 2.32 bits per heavy atom. The molecule has 1 aliphatic heterocycles. The molecule has 2 rings (SSSR count). The van der Waals surface area contributed by atoms with Crippen molar-refractivity contribution in [1.82, 2.24) is 0 Å². The van der Waals surface area contributed by atoms with E-state index < -0.39 is 5.97 Å². The summed E-state index contributed by atoms with van der Waals surface area (Å²) in [4.78, 5) is 12.7. The van der Waals surface area contributed by atoms with Crippen molar-refractivity contribution in [2.75, 3.05) is 43.1 Å². The van der Waals surface area contributed by atoms with Crippen LogP contribution in [0.15, 0.2) is 24.3 Å². The normalized spacial score (nSPS) is 14.0. The van der Waals surface area contributed by atoms with Gasteiger partial charge in [-0.25, -0.2) is 0 Å². The standard InChI is InChI=1S/C12H16N2O3.2ClH/c15-12(16)9-13-10-1-3-11(4-2-10)14-5-7-17-8-6-14;;/h1-4,13H,5-9H2,(H,15,16);2*1H. The molecule has 1 aromatic carbocycles. The van der Waals surface area contributed by atoms with Crippen molar-refractivity contribution in [1.29, 1.82) is 0 Å². The number of morpholine rings is 1. The first-order valence-electron chi connectivity index (χ1n) is 5.64. The Kier molecular flexibility index (Phi) is 8.30. The molecule has 0 spiro atoms. The van der Waals surface area contributed by atoms with Gasteiger partial charge in [0.2, 0.25) is 0 Å². The van der Waals surface area contributed by atoms with Crippen LogP contribution >= 0.6 is 24.8 Å². The summed E-state index contributed by atoms with van der Waals surface area (Å²) in [6.45, 7) is 3.28. The largest absolute Gasteiger partial charge is 0.480 e. The molecule has 19 heavy (non-hydrogen) atoms. The van der Waals surface area contributed by atoms with Gasteiger partial charge in [-0.1, -0.05) is 0 Å². The van der Waals surface area contributed by atoms with Crippen LogP contribution in [0.3, 0.4) is 0 Å². The summed E-state index contributed by atoms with van der Waals surface area (Å²) in [5, 5.41) is 11.4. The highest BCUT2D eigenvalue weighted by Gasteiger charge is 2.10. The van der Waals surface area contributed by atoms with Gasteiger partial charge in [-0.15, -0.1) is 24.8 Å². The van der Waals surface area contributed by atoms with Crippen LogP contribution in [0.4, 0.5) is 11.4 Å². The topological polar surface area (TPSA) is 61.8 Å². The van der Waals surface area contributed by atoms with Gasteiger partial charge >= 0.3 is 5.97 Å². The van der Waals surface area contributed by atoms with Gasteiger partial charge in [-0.3, -0.25) is 4.79 Å². The smallest absolute Gasteiger partial charge is 0.322 e. The van der Waals surface area contributed by atoms with E-state index in [-0.39, 0.29) is 31.4 Å². The quantitative estimate of drug-likeness (QED) is 0.889. The molecule has 1 heterocycles. The summed E-state index contributed by atoms with van der Waals surface area (Å²) in [6, 6.07) is 7.78. The second-order valence-corrected chi connectivity index (χ2v) is 3.89. The number of hydrogen-bond acceptors (Lipinski definition) is 4. The third kappa shape index (κ3) is 5.55. The Bertz CT molecular complexity index is 381. The Labute approximate surface area is 124 Å². The van der Waals surface area contributed by atoms with Gasteiger partial charge in [0.05, 0.1) is 13.2 Å². The van der Waals surface area contributed by atoms with Crippen molar-refractivity contribution in [3.05, 3.63) is 24.3 Å². The maximum Gasteiger partial charge on any atom is 0.322 e. The Balaban J connectivity index is 0.00000162. The molecule has 0 aliphatic carbocycles. The van der Waals surface area contributed by atoms with E-state index in [1.54, 1.807) is 0 Å². The van der Waals surface area contributed by atoms with E-state index in [1.165, 1.54) is 0 Å². The Hall–Kier alpha value is -1.17. The van der Waals surface area contributed by atoms with Crippen molar-refractivity contribution in [3.8, 4) is 0 Å². The van der Waals surface area contributed by atoms with Crippen LogP contribution in [-0.4, -0.2) is 43.9 Å². The number of aliphatic carboxylic acids is 1. The van der Waals surface area contributed by atoms with E-state index in [9.17, 15) is 4.79 Å². The molecule has 5 nitrogen and oxygen atoms in total. The lowest BCUT2D eigenvalue weighted by molar-refractivity contribution is -0.134. The third-order valence-electron chi connectivity index (χ3n) is 2.69. The lowest BCUT2D eigenvalue weighted by Gasteiger charge is -2.28. The van der Waals surface area contributed by atoms with Crippen molar-refractivity contribution < 1.29 is 14.6 Å². The lowest BCUT2D eigenvalue weighted by Crippen LogP contribution is -2.36. The summed E-state index contributed by atoms with van der Waals surface area (Å²) in [6.07, 6.45) is 0. The van der Waals surface area contributed by atoms with Crippen molar-refractivity contribution >= 4 is 42.2 Å². The predicted molar refractivity (Wildman–Crippen MR) is 80.1 cm³/mol. The SMILES string of the molecule is Cl.Cl.O=C(O)CNc1ccc(N2CCOCC2)cc1. The molecular weight excluding hydrogens is 291 g/mol. The maximum atomic E-state index is 10.4. The van der Waals surface area contributed by atoms with Crippen LogP contribution in [0, 0.1) is 0 Å². The highest BCUT2D eigenvalue weighted by Crippen LogP contribution is 2.18. The highest BCUT2D eigenvalue weighted by atomic mass is 35.5. The minimum Gasteiger partial charge on any atom is -0.480 e. The Morgan fingerprint density at radius 1 is 1.21 bits per heavy atom. The summed E-state index contributed by atoms with van der Waals surface area (Å²) in [5.41, 5.74) is 1.97. The molecule has 2 N–H and O–H groups in total. The number of anilines is 2. The molecule has 1 aliphatic rings. The van der Waals surface area contributed by atoms with Gasteiger partial charge in [0.25, 0.3) is 0 Å². The highest BCUT2D eigenvalue weighted by molar-refractivity contribution is 5.85. The summed E-state index contributed by atoms with van der Waals surface area (Å²) >= 11 is 0. The third-order valence-corrected chi connectivity index (χ3v) is 2.69. The van der Waals surface area contributed by atoms with Crippen LogP contribution < -0.4 is 10.2 Å². The molecule has 0 atom stereocenters. The van der Waals surface area contributed by atoms with Gasteiger partial charge in [-0.2, -0.15) is 0 Å². The van der Waals surface area contributed by atoms with Crippen LogP contribution in [0.5, 0.6) is 0 Å². The fourth-order valence-corrected chi connectivity index (χ4v) is 1.79. The molecule has 1 saturated heterocycles. The van der Waals surface area contributed by atoms with E-state index >= 15 is 0 Å². The Morgan fingerprint density at radius 2 is 1.79 bits per heavy atom. The molecule has 108 valence electrons. The van der Waals surface area contributed by atoms with Gasteiger partial charge in [0, 0.05) is 24.5 Å². The fourth-order valence-electron chi connectivity index (χ4n) is 1.79. The number of nitrogens with one attached hydrogen (secondary N) is 1. The van der Waals surface area contributed by atoms with E-state index in [0.717, 1.165) is 37.7 Å². The minimum absolute atomic E-state index is 0. The molecule has 0 aromatic heterocycles. The molecule has 1 aromatic rings. The molecule has 0 amide bonds. The van der Waals surface area contributed by atoms with Crippen molar-refractivity contribution in [2.24, 2.45) is 0 Å². The van der Waals surface area contributed by atoms with E-state index in [4.69, 9.17) is 9.84 Å². The molecule has 0 bridgehead atoms. The van der Waals surface area contributed by atoms with Gasteiger partial charge < -0.3 is 20.1 Å². The van der Waals surface area contributed by atoms with Gasteiger partial charge in [0.1, 0.15) is 6.54 Å². The number of benzene rings is 1. The number of halogens is 2. The molecule has 1 fully saturated rings. The molecule has 0 saturated carbocycles. The first-order valence-corrected chi connectivity index (χ1v) is 5.64. The zero-order valence-corrected chi connectivity index (χ0v) is 12.0.